The third-order valence-corrected chi connectivity index (χ3v) is 3.87. The smallest absolute Gasteiger partial charge is 0.314 e. The molecule has 1 heterocycles. The van der Waals surface area contributed by atoms with Crippen molar-refractivity contribution >= 4 is 11.0 Å². The zero-order valence-electron chi connectivity index (χ0n) is 11.5. The zero-order chi connectivity index (χ0) is 14.1. The highest BCUT2D eigenvalue weighted by Gasteiger charge is 2.26. The van der Waals surface area contributed by atoms with Crippen LogP contribution in [0.15, 0.2) is 27.8 Å². The van der Waals surface area contributed by atoms with Crippen molar-refractivity contribution in [3.05, 3.63) is 44.5 Å². The molecular formula is C15H19N3O2. The van der Waals surface area contributed by atoms with E-state index in [4.69, 9.17) is 0 Å². The van der Waals surface area contributed by atoms with Gasteiger partial charge in [0.15, 0.2) is 0 Å². The molecule has 1 aromatic carbocycles. The minimum Gasteiger partial charge on any atom is -0.316 e. The lowest BCUT2D eigenvalue weighted by molar-refractivity contribution is 0.487. The Morgan fingerprint density at radius 1 is 1.20 bits per heavy atom. The minimum absolute atomic E-state index is 0.312. The Balaban J connectivity index is 1.99. The fourth-order valence-corrected chi connectivity index (χ4v) is 2.62. The Morgan fingerprint density at radius 2 is 1.90 bits per heavy atom. The molecule has 1 atom stereocenters. The van der Waals surface area contributed by atoms with Crippen molar-refractivity contribution in [2.75, 3.05) is 6.54 Å². The van der Waals surface area contributed by atoms with Gasteiger partial charge in [0.1, 0.15) is 0 Å². The molecule has 0 radical (unpaired) electrons. The van der Waals surface area contributed by atoms with Crippen molar-refractivity contribution in [1.29, 1.82) is 0 Å². The molecule has 0 bridgehead atoms. The highest BCUT2D eigenvalue weighted by atomic mass is 16.2. The van der Waals surface area contributed by atoms with E-state index in [-0.39, 0.29) is 0 Å². The molecule has 106 valence electrons. The Kier molecular flexibility index (Phi) is 3.44. The van der Waals surface area contributed by atoms with E-state index >= 15 is 0 Å². The fraction of sp³-hybridized carbons (Fsp3) is 0.467. The molecule has 1 aliphatic rings. The molecule has 1 aromatic heterocycles. The second-order valence-corrected chi connectivity index (χ2v) is 5.50. The summed E-state index contributed by atoms with van der Waals surface area (Å²) in [7, 11) is 0. The van der Waals surface area contributed by atoms with Gasteiger partial charge in [-0.2, -0.15) is 0 Å². The molecule has 1 fully saturated rings. The van der Waals surface area contributed by atoms with Crippen LogP contribution in [-0.4, -0.2) is 16.5 Å². The van der Waals surface area contributed by atoms with Gasteiger partial charge >= 0.3 is 11.1 Å². The van der Waals surface area contributed by atoms with Gasteiger partial charge in [-0.15, -0.1) is 0 Å². The summed E-state index contributed by atoms with van der Waals surface area (Å²) in [5.41, 5.74) is 1.31. The lowest BCUT2D eigenvalue weighted by Crippen LogP contribution is -2.29. The van der Waals surface area contributed by atoms with Gasteiger partial charge < -0.3 is 15.3 Å². The Labute approximate surface area is 116 Å². The van der Waals surface area contributed by atoms with E-state index in [0.29, 0.717) is 17.1 Å². The van der Waals surface area contributed by atoms with Gasteiger partial charge in [-0.3, -0.25) is 9.59 Å². The summed E-state index contributed by atoms with van der Waals surface area (Å²) in [6.45, 7) is 3.01. The second kappa shape index (κ2) is 5.25. The normalized spacial score (nSPS) is 16.4. The Hall–Kier alpha value is -1.88. The van der Waals surface area contributed by atoms with E-state index in [1.807, 2.05) is 18.2 Å². The first-order valence-electron chi connectivity index (χ1n) is 7.17. The summed E-state index contributed by atoms with van der Waals surface area (Å²) in [5.74, 6) is 0.823. The quantitative estimate of drug-likeness (QED) is 0.725. The Bertz CT molecular complexity index is 728. The maximum absolute atomic E-state index is 11.4. The van der Waals surface area contributed by atoms with Crippen molar-refractivity contribution < 1.29 is 0 Å². The molecule has 3 rings (SSSR count). The first kappa shape index (κ1) is 13.1. The molecule has 5 nitrogen and oxygen atoms in total. The fourth-order valence-electron chi connectivity index (χ4n) is 2.62. The summed E-state index contributed by atoms with van der Waals surface area (Å²) < 4.78 is 0. The maximum atomic E-state index is 11.4. The topological polar surface area (TPSA) is 77.8 Å². The number of aromatic nitrogens is 2. The minimum atomic E-state index is -0.605. The van der Waals surface area contributed by atoms with Crippen molar-refractivity contribution in [2.24, 2.45) is 5.92 Å². The van der Waals surface area contributed by atoms with Crippen molar-refractivity contribution in [1.82, 2.24) is 15.3 Å². The molecule has 1 saturated carbocycles. The highest BCUT2D eigenvalue weighted by Crippen LogP contribution is 2.37. The second-order valence-electron chi connectivity index (χ2n) is 5.50. The van der Waals surface area contributed by atoms with Crippen LogP contribution in [0.3, 0.4) is 0 Å². The number of fused-ring (bicyclic) bond motifs is 1. The van der Waals surface area contributed by atoms with Gasteiger partial charge in [0.25, 0.3) is 0 Å². The first-order chi connectivity index (χ1) is 9.67. The molecular weight excluding hydrogens is 254 g/mol. The standard InChI is InChI=1S/C15H19N3O2/c1-2-16-12(7-9-3-4-9)10-5-6-11-13(8-10)18-15(20)14(19)17-11/h5-6,8-9,12,16H,2-4,7H2,1H3,(H,17,19)(H,18,20). The number of hydrogen-bond donors (Lipinski definition) is 3. The van der Waals surface area contributed by atoms with Gasteiger partial charge in [0, 0.05) is 6.04 Å². The van der Waals surface area contributed by atoms with E-state index in [0.717, 1.165) is 24.4 Å². The third-order valence-electron chi connectivity index (χ3n) is 3.87. The molecule has 0 saturated heterocycles. The number of aromatic amines is 2. The molecule has 0 amide bonds. The third kappa shape index (κ3) is 2.67. The van der Waals surface area contributed by atoms with Gasteiger partial charge in [-0.05, 0) is 36.6 Å². The van der Waals surface area contributed by atoms with Crippen LogP contribution in [-0.2, 0) is 0 Å². The van der Waals surface area contributed by atoms with Crippen LogP contribution in [0, 0.1) is 5.92 Å². The maximum Gasteiger partial charge on any atom is 0.314 e. The lowest BCUT2D eigenvalue weighted by atomic mass is 10.0. The van der Waals surface area contributed by atoms with Gasteiger partial charge in [0.05, 0.1) is 11.0 Å². The van der Waals surface area contributed by atoms with Crippen molar-refractivity contribution in [2.45, 2.75) is 32.2 Å². The SMILES string of the molecule is CCNC(CC1CC1)c1ccc2[nH]c(=O)c(=O)[nH]c2c1. The summed E-state index contributed by atoms with van der Waals surface area (Å²) in [5, 5.41) is 3.50. The number of H-pyrrole nitrogens is 2. The van der Waals surface area contributed by atoms with Crippen molar-refractivity contribution in [3.63, 3.8) is 0 Å². The van der Waals surface area contributed by atoms with E-state index < -0.39 is 11.1 Å². The molecule has 3 N–H and O–H groups in total. The molecule has 0 spiro atoms. The Morgan fingerprint density at radius 3 is 2.55 bits per heavy atom. The van der Waals surface area contributed by atoms with Crippen molar-refractivity contribution in [3.8, 4) is 0 Å². The average Bonchev–Trinajstić information content (AvgIpc) is 3.23. The van der Waals surface area contributed by atoms with Crippen LogP contribution in [0.4, 0.5) is 0 Å². The van der Waals surface area contributed by atoms with E-state index in [9.17, 15) is 9.59 Å². The van der Waals surface area contributed by atoms with Crippen LogP contribution in [0.2, 0.25) is 0 Å². The number of benzene rings is 1. The van der Waals surface area contributed by atoms with Gasteiger partial charge in [-0.1, -0.05) is 25.8 Å². The predicted octanol–water partition coefficient (Wildman–Crippen LogP) is 1.67. The van der Waals surface area contributed by atoms with Gasteiger partial charge in [-0.25, -0.2) is 0 Å². The predicted molar refractivity (Wildman–Crippen MR) is 78.9 cm³/mol. The van der Waals surface area contributed by atoms with E-state index in [1.165, 1.54) is 12.8 Å². The molecule has 5 heteroatoms. The number of hydrogen-bond acceptors (Lipinski definition) is 3. The lowest BCUT2D eigenvalue weighted by Gasteiger charge is -2.18. The summed E-state index contributed by atoms with van der Waals surface area (Å²) >= 11 is 0. The average molecular weight is 273 g/mol. The number of rotatable bonds is 5. The molecule has 1 aliphatic carbocycles. The largest absolute Gasteiger partial charge is 0.316 e. The monoisotopic (exact) mass is 273 g/mol. The molecule has 20 heavy (non-hydrogen) atoms. The van der Waals surface area contributed by atoms with Gasteiger partial charge in [0.2, 0.25) is 0 Å². The summed E-state index contributed by atoms with van der Waals surface area (Å²) in [6, 6.07) is 6.15. The van der Waals surface area contributed by atoms with Crippen LogP contribution in [0.25, 0.3) is 11.0 Å². The molecule has 2 aromatic rings. The zero-order valence-corrected chi connectivity index (χ0v) is 11.5. The van der Waals surface area contributed by atoms with Crippen LogP contribution in [0.1, 0.15) is 37.8 Å². The van der Waals surface area contributed by atoms with E-state index in [1.54, 1.807) is 0 Å². The van der Waals surface area contributed by atoms with Crippen LogP contribution in [0.5, 0.6) is 0 Å². The summed E-state index contributed by atoms with van der Waals surface area (Å²) in [4.78, 5) is 27.9. The molecule has 0 aliphatic heterocycles. The van der Waals surface area contributed by atoms with Crippen LogP contribution >= 0.6 is 0 Å². The van der Waals surface area contributed by atoms with E-state index in [2.05, 4.69) is 22.2 Å². The molecule has 1 unspecified atom stereocenters. The first-order valence-corrected chi connectivity index (χ1v) is 7.17. The van der Waals surface area contributed by atoms with Crippen LogP contribution < -0.4 is 16.4 Å². The summed E-state index contributed by atoms with van der Waals surface area (Å²) in [6.07, 6.45) is 3.77. The highest BCUT2D eigenvalue weighted by molar-refractivity contribution is 5.74. The number of nitrogens with one attached hydrogen (secondary N) is 3.